The van der Waals surface area contributed by atoms with Gasteiger partial charge >= 0.3 is 57.5 Å². The molecule has 1 atom stereocenters. The molecule has 1 aliphatic carbocycles. The zero-order chi connectivity index (χ0) is 12.8. The van der Waals surface area contributed by atoms with Crippen molar-refractivity contribution in [3.63, 3.8) is 0 Å². The fraction of sp³-hybridized carbons (Fsp3) is 0.833. The van der Waals surface area contributed by atoms with Crippen LogP contribution < -0.4 is 56.5 Å². The molecule has 0 aromatic rings. The SMILES string of the molecule is CC(C)(C)OC(=O)N1CC2(CC2)C[C@H]1C(=O)[O-].[K+]. The molecular formula is C12H18KNO4. The topological polar surface area (TPSA) is 69.7 Å². The monoisotopic (exact) mass is 279 g/mol. The minimum Gasteiger partial charge on any atom is -0.548 e. The van der Waals surface area contributed by atoms with Gasteiger partial charge in [-0.25, -0.2) is 4.79 Å². The Labute approximate surface area is 150 Å². The van der Waals surface area contributed by atoms with E-state index in [-0.39, 0.29) is 56.8 Å². The summed E-state index contributed by atoms with van der Waals surface area (Å²) < 4.78 is 5.22. The van der Waals surface area contributed by atoms with Crippen LogP contribution in [0.2, 0.25) is 0 Å². The van der Waals surface area contributed by atoms with Crippen molar-refractivity contribution in [1.82, 2.24) is 4.90 Å². The van der Waals surface area contributed by atoms with Crippen LogP contribution in [0.3, 0.4) is 0 Å². The number of carboxylic acids is 1. The molecular weight excluding hydrogens is 261 g/mol. The average Bonchev–Trinajstić information content (AvgIpc) is 2.73. The van der Waals surface area contributed by atoms with Gasteiger partial charge in [0.1, 0.15) is 5.60 Å². The number of amides is 1. The Balaban J connectivity index is 0.00000162. The van der Waals surface area contributed by atoms with Gasteiger partial charge in [-0.15, -0.1) is 0 Å². The van der Waals surface area contributed by atoms with Crippen LogP contribution in [0.1, 0.15) is 40.0 Å². The Hall–Kier alpha value is 0.376. The summed E-state index contributed by atoms with van der Waals surface area (Å²) in [6, 6.07) is -0.827. The smallest absolute Gasteiger partial charge is 0.548 e. The van der Waals surface area contributed by atoms with Crippen molar-refractivity contribution < 1.29 is 70.8 Å². The molecule has 0 radical (unpaired) electrons. The summed E-state index contributed by atoms with van der Waals surface area (Å²) in [4.78, 5) is 24.3. The predicted octanol–water partition coefficient (Wildman–Crippen LogP) is -2.47. The van der Waals surface area contributed by atoms with E-state index in [1.54, 1.807) is 20.8 Å². The van der Waals surface area contributed by atoms with Crippen LogP contribution in [-0.4, -0.2) is 35.2 Å². The van der Waals surface area contributed by atoms with E-state index in [9.17, 15) is 14.7 Å². The predicted molar refractivity (Wildman–Crippen MR) is 58.0 cm³/mol. The molecule has 1 saturated carbocycles. The molecule has 0 aromatic heterocycles. The van der Waals surface area contributed by atoms with Gasteiger partial charge < -0.3 is 14.6 Å². The van der Waals surface area contributed by atoms with Crippen LogP contribution >= 0.6 is 0 Å². The van der Waals surface area contributed by atoms with E-state index in [2.05, 4.69) is 0 Å². The number of rotatable bonds is 1. The van der Waals surface area contributed by atoms with Crippen molar-refractivity contribution in [2.45, 2.75) is 51.7 Å². The van der Waals surface area contributed by atoms with Crippen LogP contribution in [0, 0.1) is 5.41 Å². The van der Waals surface area contributed by atoms with Crippen LogP contribution in [0.15, 0.2) is 0 Å². The average molecular weight is 279 g/mol. The first-order valence-corrected chi connectivity index (χ1v) is 5.93. The van der Waals surface area contributed by atoms with Gasteiger partial charge in [0.05, 0.1) is 12.0 Å². The summed E-state index contributed by atoms with van der Waals surface area (Å²) in [5.74, 6) is -1.18. The van der Waals surface area contributed by atoms with Gasteiger partial charge in [-0.2, -0.15) is 0 Å². The Morgan fingerprint density at radius 2 is 1.89 bits per heavy atom. The largest absolute Gasteiger partial charge is 1.00 e. The van der Waals surface area contributed by atoms with Gasteiger partial charge in [0.25, 0.3) is 0 Å². The minimum atomic E-state index is -1.18. The number of likely N-dealkylation sites (tertiary alicyclic amines) is 1. The van der Waals surface area contributed by atoms with Crippen molar-refractivity contribution in [3.8, 4) is 0 Å². The number of nitrogens with zero attached hydrogens (tertiary/aromatic N) is 1. The van der Waals surface area contributed by atoms with Gasteiger partial charge in [0.15, 0.2) is 0 Å². The summed E-state index contributed by atoms with van der Waals surface area (Å²) in [6.45, 7) is 5.78. The molecule has 2 fully saturated rings. The number of hydrogen-bond donors (Lipinski definition) is 0. The second-order valence-corrected chi connectivity index (χ2v) is 6.15. The molecule has 1 heterocycles. The zero-order valence-electron chi connectivity index (χ0n) is 11.5. The second-order valence-electron chi connectivity index (χ2n) is 6.15. The number of aliphatic carboxylic acids is 1. The van der Waals surface area contributed by atoms with Crippen molar-refractivity contribution in [2.75, 3.05) is 6.54 Å². The summed E-state index contributed by atoms with van der Waals surface area (Å²) in [6.07, 6.45) is 1.95. The van der Waals surface area contributed by atoms with Gasteiger partial charge in [-0.1, -0.05) is 0 Å². The van der Waals surface area contributed by atoms with Gasteiger partial charge in [0, 0.05) is 6.54 Å². The van der Waals surface area contributed by atoms with Gasteiger partial charge in [-0.05, 0) is 45.4 Å². The van der Waals surface area contributed by atoms with Gasteiger partial charge in [0.2, 0.25) is 0 Å². The molecule has 1 saturated heterocycles. The van der Waals surface area contributed by atoms with Crippen molar-refractivity contribution in [1.29, 1.82) is 0 Å². The summed E-state index contributed by atoms with van der Waals surface area (Å²) in [7, 11) is 0. The quantitative estimate of drug-likeness (QED) is 0.499. The van der Waals surface area contributed by atoms with E-state index >= 15 is 0 Å². The zero-order valence-corrected chi connectivity index (χ0v) is 14.6. The third-order valence-electron chi connectivity index (χ3n) is 3.37. The van der Waals surface area contributed by atoms with Crippen LogP contribution in [0.5, 0.6) is 0 Å². The van der Waals surface area contributed by atoms with Crippen LogP contribution in [0.25, 0.3) is 0 Å². The first-order valence-electron chi connectivity index (χ1n) is 5.93. The molecule has 2 aliphatic rings. The van der Waals surface area contributed by atoms with E-state index in [4.69, 9.17) is 4.74 Å². The first-order chi connectivity index (χ1) is 7.72. The van der Waals surface area contributed by atoms with Crippen molar-refractivity contribution in [2.24, 2.45) is 5.41 Å². The van der Waals surface area contributed by atoms with E-state index in [0.717, 1.165) is 12.8 Å². The summed E-state index contributed by atoms with van der Waals surface area (Å²) in [5.41, 5.74) is -0.575. The Morgan fingerprint density at radius 3 is 2.28 bits per heavy atom. The van der Waals surface area contributed by atoms with E-state index in [0.29, 0.717) is 13.0 Å². The van der Waals surface area contributed by atoms with Crippen molar-refractivity contribution in [3.05, 3.63) is 0 Å². The Kier molecular flexibility index (Phi) is 4.93. The third kappa shape index (κ3) is 3.69. The number of carboxylic acid groups (broad SMARTS) is 1. The molecule has 0 N–H and O–H groups in total. The number of ether oxygens (including phenoxy) is 1. The summed E-state index contributed by atoms with van der Waals surface area (Å²) in [5, 5.41) is 11.0. The molecule has 1 spiro atoms. The Morgan fingerprint density at radius 1 is 1.33 bits per heavy atom. The maximum atomic E-state index is 11.9. The van der Waals surface area contributed by atoms with E-state index in [1.807, 2.05) is 0 Å². The molecule has 1 aliphatic heterocycles. The van der Waals surface area contributed by atoms with Crippen LogP contribution in [-0.2, 0) is 9.53 Å². The normalized spacial score (nSPS) is 24.6. The fourth-order valence-electron chi connectivity index (χ4n) is 2.32. The molecule has 0 unspecified atom stereocenters. The Bertz CT molecular complexity index is 360. The fourth-order valence-corrected chi connectivity index (χ4v) is 2.32. The van der Waals surface area contributed by atoms with Crippen molar-refractivity contribution >= 4 is 12.1 Å². The molecule has 96 valence electrons. The van der Waals surface area contributed by atoms with Crippen LogP contribution in [0.4, 0.5) is 4.79 Å². The van der Waals surface area contributed by atoms with E-state index < -0.39 is 23.7 Å². The maximum Gasteiger partial charge on any atom is 1.00 e. The molecule has 0 bridgehead atoms. The van der Waals surface area contributed by atoms with E-state index in [1.165, 1.54) is 4.90 Å². The molecule has 6 heteroatoms. The van der Waals surface area contributed by atoms with Gasteiger partial charge in [-0.3, -0.25) is 4.90 Å². The molecule has 0 aromatic carbocycles. The number of carbonyl (C=O) groups excluding carboxylic acids is 2. The molecule has 2 rings (SSSR count). The first kappa shape index (κ1) is 16.4. The molecule has 1 amide bonds. The molecule has 5 nitrogen and oxygen atoms in total. The second kappa shape index (κ2) is 5.40. The number of carbonyl (C=O) groups is 2. The minimum absolute atomic E-state index is 0. The summed E-state index contributed by atoms with van der Waals surface area (Å²) >= 11 is 0. The standard InChI is InChI=1S/C12H19NO4.K/c1-11(2,3)17-10(16)13-7-12(4-5-12)6-8(13)9(14)15;/h8H,4-7H2,1-3H3,(H,14,15);/q;+1/p-1/t8-;/m0./s1. The number of hydrogen-bond acceptors (Lipinski definition) is 4. The third-order valence-corrected chi connectivity index (χ3v) is 3.37. The maximum absolute atomic E-state index is 11.9. The molecule has 18 heavy (non-hydrogen) atoms.